The first kappa shape index (κ1) is 26.6. The minimum absolute atomic E-state index is 0.00109. The second-order valence-electron chi connectivity index (χ2n) is 11.1. The predicted molar refractivity (Wildman–Crippen MR) is 140 cm³/mol. The Labute approximate surface area is 225 Å². The minimum atomic E-state index is -0.810. The molecule has 1 amide bonds. The van der Waals surface area contributed by atoms with E-state index < -0.39 is 22.6 Å². The van der Waals surface area contributed by atoms with Crippen molar-refractivity contribution in [1.29, 1.82) is 0 Å². The number of halogens is 3. The number of pyridine rings is 1. The number of hydrogen-bond acceptors (Lipinski definition) is 4. The highest BCUT2D eigenvalue weighted by atomic mass is 35.5. The van der Waals surface area contributed by atoms with Crippen LogP contribution in [0.1, 0.15) is 49.9 Å². The van der Waals surface area contributed by atoms with Gasteiger partial charge < -0.3 is 14.6 Å². The van der Waals surface area contributed by atoms with Gasteiger partial charge in [0, 0.05) is 41.2 Å². The molecule has 4 heterocycles. The number of aliphatic carboxylic acids is 1. The number of carboxylic acids is 1. The van der Waals surface area contributed by atoms with Crippen LogP contribution in [0.2, 0.25) is 5.02 Å². The van der Waals surface area contributed by atoms with Crippen LogP contribution in [0, 0.1) is 17.6 Å². The molecule has 7 nitrogen and oxygen atoms in total. The number of carboxylic acid groups (broad SMARTS) is 1. The average molecular weight is 545 g/mol. The molecule has 1 N–H and O–H groups in total. The van der Waals surface area contributed by atoms with Crippen molar-refractivity contribution in [3.8, 4) is 0 Å². The molecular weight excluding hydrogens is 514 g/mol. The quantitative estimate of drug-likeness (QED) is 0.450. The van der Waals surface area contributed by atoms with E-state index in [1.165, 1.54) is 6.07 Å². The Bertz CT molecular complexity index is 1400. The van der Waals surface area contributed by atoms with Gasteiger partial charge in [0.15, 0.2) is 0 Å². The fourth-order valence-electron chi connectivity index (χ4n) is 6.03. The highest BCUT2D eigenvalue weighted by molar-refractivity contribution is 6.30. The number of aromatic nitrogens is 2. The summed E-state index contributed by atoms with van der Waals surface area (Å²) >= 11 is 5.86. The molecule has 38 heavy (non-hydrogen) atoms. The lowest BCUT2D eigenvalue weighted by atomic mass is 9.79. The highest BCUT2D eigenvalue weighted by Crippen LogP contribution is 2.40. The number of nitrogens with zero attached hydrogens (tertiary/aromatic N) is 4. The van der Waals surface area contributed by atoms with E-state index in [1.54, 1.807) is 6.20 Å². The third-order valence-electron chi connectivity index (χ3n) is 7.86. The summed E-state index contributed by atoms with van der Waals surface area (Å²) < 4.78 is 30.6. The summed E-state index contributed by atoms with van der Waals surface area (Å²) in [6, 6.07) is 6.41. The van der Waals surface area contributed by atoms with Gasteiger partial charge in [-0.15, -0.1) is 0 Å². The van der Waals surface area contributed by atoms with Crippen molar-refractivity contribution >= 4 is 34.5 Å². The molecule has 2 aliphatic rings. The Kier molecular flexibility index (Phi) is 7.17. The van der Waals surface area contributed by atoms with Gasteiger partial charge in [0.05, 0.1) is 19.6 Å². The average Bonchev–Trinajstić information content (AvgIpc) is 3.19. The first-order valence-electron chi connectivity index (χ1n) is 12.9. The van der Waals surface area contributed by atoms with Crippen LogP contribution >= 0.6 is 11.6 Å². The van der Waals surface area contributed by atoms with Crippen LogP contribution in [0.5, 0.6) is 0 Å². The van der Waals surface area contributed by atoms with Gasteiger partial charge in [-0.25, -0.2) is 13.8 Å². The molecule has 3 aromatic rings. The number of piperidine rings is 1. The summed E-state index contributed by atoms with van der Waals surface area (Å²) in [4.78, 5) is 33.0. The van der Waals surface area contributed by atoms with Gasteiger partial charge in [-0.05, 0) is 55.6 Å². The largest absolute Gasteiger partial charge is 0.481 e. The molecule has 1 aromatic carbocycles. The second-order valence-corrected chi connectivity index (χ2v) is 11.4. The zero-order chi connectivity index (χ0) is 27.2. The zero-order valence-electron chi connectivity index (χ0n) is 21.5. The first-order chi connectivity index (χ1) is 18.0. The maximum absolute atomic E-state index is 14.9. The van der Waals surface area contributed by atoms with Crippen molar-refractivity contribution in [2.24, 2.45) is 5.92 Å². The van der Waals surface area contributed by atoms with Crippen molar-refractivity contribution < 1.29 is 23.5 Å². The maximum atomic E-state index is 14.9. The van der Waals surface area contributed by atoms with Crippen LogP contribution in [0.25, 0.3) is 11.0 Å². The lowest BCUT2D eigenvalue weighted by molar-refractivity contribution is -0.139. The molecule has 5 rings (SSSR count). The maximum Gasteiger partial charge on any atom is 0.303 e. The van der Waals surface area contributed by atoms with Crippen molar-refractivity contribution in [3.63, 3.8) is 0 Å². The smallest absolute Gasteiger partial charge is 0.303 e. The van der Waals surface area contributed by atoms with Crippen LogP contribution in [0.15, 0.2) is 30.5 Å². The number of carbonyl (C=O) groups is 2. The predicted octanol–water partition coefficient (Wildman–Crippen LogP) is 4.82. The lowest BCUT2D eigenvalue weighted by Crippen LogP contribution is -2.49. The van der Waals surface area contributed by atoms with E-state index in [0.717, 1.165) is 35.6 Å². The molecule has 2 aromatic heterocycles. The van der Waals surface area contributed by atoms with E-state index in [0.29, 0.717) is 31.8 Å². The summed E-state index contributed by atoms with van der Waals surface area (Å²) in [7, 11) is 0. The Morgan fingerprint density at radius 1 is 1.18 bits per heavy atom. The standard InChI is InChI=1S/C28H31ClF2N4O3/c1-28(2)16-34(22(36)15-33-10-7-17(8-11-33)12-23(37)38)14-21-24(28)19-4-3-9-32-27(19)35(21)13-18-5-6-20(30)25(29)26(18)31/h3-6,9,17H,7-8,10-16H2,1-2H3,(H,37,38). The van der Waals surface area contributed by atoms with Gasteiger partial charge in [-0.2, -0.15) is 0 Å². The van der Waals surface area contributed by atoms with E-state index in [1.807, 2.05) is 21.6 Å². The van der Waals surface area contributed by atoms with E-state index in [-0.39, 0.29) is 42.3 Å². The SMILES string of the molecule is CC1(C)CN(C(=O)CN2CCC(CC(=O)O)CC2)Cc2c1c1cccnc1n2Cc1ccc(F)c(Cl)c1F. The van der Waals surface area contributed by atoms with Crippen LogP contribution in [-0.2, 0) is 28.1 Å². The Morgan fingerprint density at radius 2 is 1.92 bits per heavy atom. The molecule has 0 radical (unpaired) electrons. The van der Waals surface area contributed by atoms with E-state index in [9.17, 15) is 18.4 Å². The first-order valence-corrected chi connectivity index (χ1v) is 13.2. The fourth-order valence-corrected chi connectivity index (χ4v) is 6.21. The normalized spacial score (nSPS) is 18.1. The summed E-state index contributed by atoms with van der Waals surface area (Å²) in [5.41, 5.74) is 2.49. The van der Waals surface area contributed by atoms with Gasteiger partial charge in [0.2, 0.25) is 5.91 Å². The molecule has 1 saturated heterocycles. The molecule has 0 aliphatic carbocycles. The fraction of sp³-hybridized carbons (Fsp3) is 0.464. The summed E-state index contributed by atoms with van der Waals surface area (Å²) in [6.45, 7) is 6.82. The molecule has 1 fully saturated rings. The van der Waals surface area contributed by atoms with Gasteiger partial charge in [-0.1, -0.05) is 31.5 Å². The molecule has 0 saturated carbocycles. The van der Waals surface area contributed by atoms with Crippen molar-refractivity contribution in [2.75, 3.05) is 26.2 Å². The van der Waals surface area contributed by atoms with Crippen LogP contribution in [0.4, 0.5) is 8.78 Å². The third-order valence-corrected chi connectivity index (χ3v) is 8.20. The van der Waals surface area contributed by atoms with Gasteiger partial charge in [0.25, 0.3) is 0 Å². The Morgan fingerprint density at radius 3 is 2.63 bits per heavy atom. The molecule has 2 aliphatic heterocycles. The van der Waals surface area contributed by atoms with Gasteiger partial charge in [0.1, 0.15) is 22.3 Å². The Hall–Kier alpha value is -3.04. The molecule has 0 spiro atoms. The van der Waals surface area contributed by atoms with Gasteiger partial charge >= 0.3 is 5.97 Å². The molecule has 0 atom stereocenters. The number of hydrogen-bond donors (Lipinski definition) is 1. The third kappa shape index (κ3) is 5.01. The number of amides is 1. The molecule has 0 unspecified atom stereocenters. The molecule has 202 valence electrons. The van der Waals surface area contributed by atoms with Crippen molar-refractivity contribution in [3.05, 3.63) is 63.9 Å². The van der Waals surface area contributed by atoms with E-state index >= 15 is 0 Å². The monoisotopic (exact) mass is 544 g/mol. The number of fused-ring (bicyclic) bond motifs is 3. The van der Waals surface area contributed by atoms with Crippen molar-refractivity contribution in [1.82, 2.24) is 19.4 Å². The molecular formula is C28H31ClF2N4O3. The zero-order valence-corrected chi connectivity index (χ0v) is 22.3. The van der Waals surface area contributed by atoms with Crippen molar-refractivity contribution in [2.45, 2.75) is 51.6 Å². The molecule has 0 bridgehead atoms. The summed E-state index contributed by atoms with van der Waals surface area (Å²) in [5, 5.41) is 9.48. The van der Waals surface area contributed by atoms with E-state index in [4.69, 9.17) is 16.7 Å². The Balaban J connectivity index is 1.43. The number of likely N-dealkylation sites (tertiary alicyclic amines) is 1. The lowest BCUT2D eigenvalue weighted by Gasteiger charge is -2.40. The summed E-state index contributed by atoms with van der Waals surface area (Å²) in [6.07, 6.45) is 3.38. The highest BCUT2D eigenvalue weighted by Gasteiger charge is 2.39. The number of carbonyl (C=O) groups excluding carboxylic acids is 1. The molecule has 10 heteroatoms. The topological polar surface area (TPSA) is 78.7 Å². The summed E-state index contributed by atoms with van der Waals surface area (Å²) in [5.74, 6) is -2.23. The number of rotatable bonds is 6. The van der Waals surface area contributed by atoms with E-state index in [2.05, 4.69) is 23.7 Å². The van der Waals surface area contributed by atoms with Gasteiger partial charge in [-0.3, -0.25) is 14.5 Å². The van der Waals surface area contributed by atoms with Crippen LogP contribution in [-0.4, -0.2) is 62.5 Å². The minimum Gasteiger partial charge on any atom is -0.481 e. The van der Waals surface area contributed by atoms with Crippen LogP contribution in [0.3, 0.4) is 0 Å². The van der Waals surface area contributed by atoms with Crippen LogP contribution < -0.4 is 0 Å². The number of benzene rings is 1. The second kappa shape index (κ2) is 10.3.